The molecule has 0 N–H and O–H groups in total. The molecule has 1 aromatic heterocycles. The number of carbonyl (C=O) groups excluding carboxylic acids is 1. The topological polar surface area (TPSA) is 61.8 Å². The summed E-state index contributed by atoms with van der Waals surface area (Å²) >= 11 is 0. The van der Waals surface area contributed by atoms with Gasteiger partial charge in [0, 0.05) is 45.2 Å². The molecule has 0 unspecified atom stereocenters. The van der Waals surface area contributed by atoms with Gasteiger partial charge in [-0.1, -0.05) is 0 Å². The van der Waals surface area contributed by atoms with Crippen molar-refractivity contribution in [1.82, 2.24) is 19.8 Å². The van der Waals surface area contributed by atoms with E-state index in [2.05, 4.69) is 26.8 Å². The first-order chi connectivity index (χ1) is 12.7. The van der Waals surface area contributed by atoms with E-state index in [0.717, 1.165) is 71.0 Å². The van der Waals surface area contributed by atoms with Crippen molar-refractivity contribution in [2.24, 2.45) is 11.8 Å². The lowest BCUT2D eigenvalue weighted by atomic mass is 9.83. The molecule has 0 bridgehead atoms. The fraction of sp³-hybridized carbons (Fsp3) is 0.737. The molecular weight excluding hydrogens is 330 g/mol. The number of ether oxygens (including phenoxy) is 1. The Morgan fingerprint density at radius 2 is 1.85 bits per heavy atom. The van der Waals surface area contributed by atoms with Gasteiger partial charge in [0.1, 0.15) is 5.82 Å². The maximum atomic E-state index is 13.1. The fourth-order valence-electron chi connectivity index (χ4n) is 4.54. The second-order valence-electron chi connectivity index (χ2n) is 7.75. The van der Waals surface area contributed by atoms with Gasteiger partial charge in [-0.2, -0.15) is 0 Å². The third-order valence-electron chi connectivity index (χ3n) is 6.15. The summed E-state index contributed by atoms with van der Waals surface area (Å²) in [5.74, 6) is 1.77. The van der Waals surface area contributed by atoms with Gasteiger partial charge in [0.05, 0.1) is 18.2 Å². The molecule has 4 rings (SSSR count). The van der Waals surface area contributed by atoms with Crippen molar-refractivity contribution in [1.29, 1.82) is 0 Å². The van der Waals surface area contributed by atoms with Crippen molar-refractivity contribution in [3.8, 4) is 0 Å². The highest BCUT2D eigenvalue weighted by atomic mass is 16.5. The maximum Gasteiger partial charge on any atom is 0.228 e. The van der Waals surface area contributed by atoms with Crippen LogP contribution in [-0.4, -0.2) is 84.7 Å². The predicted octanol–water partition coefficient (Wildman–Crippen LogP) is 0.872. The average Bonchev–Trinajstić information content (AvgIpc) is 3.19. The van der Waals surface area contributed by atoms with Crippen LogP contribution >= 0.6 is 0 Å². The zero-order valence-corrected chi connectivity index (χ0v) is 15.6. The summed E-state index contributed by atoms with van der Waals surface area (Å²) in [4.78, 5) is 28.3. The number of rotatable bonds is 3. The Hall–Kier alpha value is -1.73. The van der Waals surface area contributed by atoms with E-state index < -0.39 is 0 Å². The number of amides is 1. The molecule has 3 aliphatic heterocycles. The smallest absolute Gasteiger partial charge is 0.228 e. The third-order valence-corrected chi connectivity index (χ3v) is 6.15. The van der Waals surface area contributed by atoms with Crippen LogP contribution in [0.4, 0.5) is 5.82 Å². The van der Waals surface area contributed by atoms with E-state index >= 15 is 0 Å². The minimum Gasteiger partial charge on any atom is -0.377 e. The molecule has 2 atom stereocenters. The molecule has 3 aliphatic rings. The number of carbonyl (C=O) groups is 1. The highest BCUT2D eigenvalue weighted by Gasteiger charge is 2.42. The van der Waals surface area contributed by atoms with Crippen molar-refractivity contribution in [3.05, 3.63) is 18.6 Å². The number of aromatic nitrogens is 2. The number of hydrogen-bond acceptors (Lipinski definition) is 6. The average molecular weight is 359 g/mol. The van der Waals surface area contributed by atoms with Crippen molar-refractivity contribution >= 4 is 11.7 Å². The van der Waals surface area contributed by atoms with Crippen molar-refractivity contribution in [3.63, 3.8) is 0 Å². The summed E-state index contributed by atoms with van der Waals surface area (Å²) in [5.41, 5.74) is 0. The second-order valence-corrected chi connectivity index (χ2v) is 7.75. The predicted molar refractivity (Wildman–Crippen MR) is 98.9 cm³/mol. The molecule has 0 saturated carbocycles. The molecule has 7 nitrogen and oxygen atoms in total. The zero-order valence-electron chi connectivity index (χ0n) is 15.6. The molecule has 3 saturated heterocycles. The quantitative estimate of drug-likeness (QED) is 0.798. The molecule has 3 fully saturated rings. The molecule has 0 spiro atoms. The van der Waals surface area contributed by atoms with E-state index in [1.165, 1.54) is 0 Å². The number of piperazine rings is 1. The maximum absolute atomic E-state index is 13.1. The molecule has 142 valence electrons. The van der Waals surface area contributed by atoms with Crippen LogP contribution in [0.15, 0.2) is 18.6 Å². The van der Waals surface area contributed by atoms with Gasteiger partial charge in [0.25, 0.3) is 0 Å². The lowest BCUT2D eigenvalue weighted by Crippen LogP contribution is -2.52. The lowest BCUT2D eigenvalue weighted by Gasteiger charge is -2.38. The van der Waals surface area contributed by atoms with Crippen molar-refractivity contribution in [2.75, 3.05) is 57.8 Å². The highest BCUT2D eigenvalue weighted by Crippen LogP contribution is 2.34. The first kappa shape index (κ1) is 17.7. The van der Waals surface area contributed by atoms with Crippen LogP contribution in [0.3, 0.4) is 0 Å². The minimum atomic E-state index is 0.0477. The minimum absolute atomic E-state index is 0.0477. The Balaban J connectivity index is 1.34. The zero-order chi connectivity index (χ0) is 17.9. The summed E-state index contributed by atoms with van der Waals surface area (Å²) in [6, 6.07) is 0. The van der Waals surface area contributed by atoms with Gasteiger partial charge in [-0.15, -0.1) is 0 Å². The molecule has 7 heteroatoms. The summed E-state index contributed by atoms with van der Waals surface area (Å²) in [6.45, 7) is 6.10. The number of nitrogens with zero attached hydrogens (tertiary/aromatic N) is 5. The van der Waals surface area contributed by atoms with Crippen LogP contribution in [0.1, 0.15) is 19.3 Å². The van der Waals surface area contributed by atoms with Gasteiger partial charge in [-0.25, -0.2) is 4.98 Å². The van der Waals surface area contributed by atoms with Crippen LogP contribution in [-0.2, 0) is 9.53 Å². The van der Waals surface area contributed by atoms with Crippen LogP contribution < -0.4 is 4.90 Å². The Morgan fingerprint density at radius 3 is 2.54 bits per heavy atom. The van der Waals surface area contributed by atoms with Gasteiger partial charge < -0.3 is 19.4 Å². The second kappa shape index (κ2) is 7.88. The van der Waals surface area contributed by atoms with Gasteiger partial charge in [0.2, 0.25) is 5.91 Å². The van der Waals surface area contributed by atoms with Crippen LogP contribution in [0, 0.1) is 11.8 Å². The van der Waals surface area contributed by atoms with Gasteiger partial charge in [0.15, 0.2) is 0 Å². The normalized spacial score (nSPS) is 28.5. The third kappa shape index (κ3) is 3.69. The number of anilines is 1. The SMILES string of the molecule is CN1CCC([C@H]2OCC[C@@H]2C(=O)N2CCN(c3cnccn3)CC2)CC1. The fourth-order valence-corrected chi connectivity index (χ4v) is 4.54. The van der Waals surface area contributed by atoms with Crippen LogP contribution in [0.25, 0.3) is 0 Å². The first-order valence-electron chi connectivity index (χ1n) is 9.82. The molecule has 0 aliphatic carbocycles. The van der Waals surface area contributed by atoms with E-state index in [1.807, 2.05) is 4.90 Å². The molecule has 0 aromatic carbocycles. The van der Waals surface area contributed by atoms with Crippen molar-refractivity contribution < 1.29 is 9.53 Å². The Kier molecular flexibility index (Phi) is 5.36. The van der Waals surface area contributed by atoms with E-state index in [1.54, 1.807) is 18.6 Å². The van der Waals surface area contributed by atoms with Crippen molar-refractivity contribution in [2.45, 2.75) is 25.4 Å². The molecule has 0 radical (unpaired) electrons. The Labute approximate surface area is 155 Å². The summed E-state index contributed by atoms with van der Waals surface area (Å²) in [7, 11) is 2.17. The summed E-state index contributed by atoms with van der Waals surface area (Å²) in [5, 5.41) is 0. The highest BCUT2D eigenvalue weighted by molar-refractivity contribution is 5.80. The molecule has 1 aromatic rings. The van der Waals surface area contributed by atoms with E-state index in [0.29, 0.717) is 11.8 Å². The van der Waals surface area contributed by atoms with E-state index in [9.17, 15) is 4.79 Å². The van der Waals surface area contributed by atoms with Gasteiger partial charge in [-0.3, -0.25) is 9.78 Å². The standard InChI is InChI=1S/C19H29N5O2/c1-22-7-2-15(3-8-22)18-16(4-13-26-18)19(25)24-11-9-23(10-12-24)17-14-20-5-6-21-17/h5-6,14-16,18H,2-4,7-13H2,1H3/t16-,18+/m0/s1. The lowest BCUT2D eigenvalue weighted by molar-refractivity contribution is -0.139. The van der Waals surface area contributed by atoms with E-state index in [-0.39, 0.29) is 12.0 Å². The molecule has 26 heavy (non-hydrogen) atoms. The number of piperidine rings is 1. The summed E-state index contributed by atoms with van der Waals surface area (Å²) < 4.78 is 6.05. The van der Waals surface area contributed by atoms with E-state index in [4.69, 9.17) is 4.74 Å². The Bertz CT molecular complexity index is 597. The monoisotopic (exact) mass is 359 g/mol. The molecule has 1 amide bonds. The number of hydrogen-bond donors (Lipinski definition) is 0. The van der Waals surface area contributed by atoms with Gasteiger partial charge >= 0.3 is 0 Å². The molecule has 4 heterocycles. The van der Waals surface area contributed by atoms with Crippen LogP contribution in [0.5, 0.6) is 0 Å². The van der Waals surface area contributed by atoms with Gasteiger partial charge in [-0.05, 0) is 45.3 Å². The summed E-state index contributed by atoms with van der Waals surface area (Å²) in [6.07, 6.45) is 8.48. The molecular formula is C19H29N5O2. The largest absolute Gasteiger partial charge is 0.377 e. The Morgan fingerprint density at radius 1 is 1.08 bits per heavy atom. The van der Waals surface area contributed by atoms with Crippen LogP contribution in [0.2, 0.25) is 0 Å². The number of likely N-dealkylation sites (tertiary alicyclic amines) is 1. The first-order valence-corrected chi connectivity index (χ1v) is 9.82.